The van der Waals surface area contributed by atoms with Crippen LogP contribution < -0.4 is 11.1 Å². The van der Waals surface area contributed by atoms with Crippen LogP contribution in [0, 0.1) is 18.6 Å². The van der Waals surface area contributed by atoms with Crippen LogP contribution >= 0.6 is 0 Å². The van der Waals surface area contributed by atoms with Crippen molar-refractivity contribution in [3.63, 3.8) is 0 Å². The molecule has 0 aliphatic heterocycles. The lowest BCUT2D eigenvalue weighted by Gasteiger charge is -2.09. The summed E-state index contributed by atoms with van der Waals surface area (Å²) < 4.78 is 28.8. The molecule has 0 unspecified atom stereocenters. The van der Waals surface area contributed by atoms with E-state index in [1.165, 1.54) is 0 Å². The molecule has 3 N–H and O–H groups in total. The highest BCUT2D eigenvalue weighted by molar-refractivity contribution is 6.05. The number of aryl methyl sites for hydroxylation is 1. The zero-order chi connectivity index (χ0) is 20.5. The highest BCUT2D eigenvalue weighted by Crippen LogP contribution is 2.23. The molecule has 0 saturated carbocycles. The number of nitrogens with one attached hydrogen (secondary N) is 1. The second-order valence-electron chi connectivity index (χ2n) is 6.76. The van der Waals surface area contributed by atoms with Crippen LogP contribution in [-0.4, -0.2) is 15.7 Å². The molecule has 1 amide bonds. The number of hydrogen-bond donors (Lipinski definition) is 2. The second kappa shape index (κ2) is 7.35. The van der Waals surface area contributed by atoms with E-state index in [2.05, 4.69) is 10.4 Å². The highest BCUT2D eigenvalue weighted by atomic mass is 19.2. The highest BCUT2D eigenvalue weighted by Gasteiger charge is 2.13. The van der Waals surface area contributed by atoms with Crippen LogP contribution in [0.25, 0.3) is 10.9 Å². The summed E-state index contributed by atoms with van der Waals surface area (Å²) in [6.07, 6.45) is 0. The van der Waals surface area contributed by atoms with Crippen molar-refractivity contribution in [2.75, 3.05) is 11.1 Å². The van der Waals surface area contributed by atoms with Gasteiger partial charge in [-0.1, -0.05) is 24.3 Å². The summed E-state index contributed by atoms with van der Waals surface area (Å²) >= 11 is 0. The average molecular weight is 392 g/mol. The van der Waals surface area contributed by atoms with E-state index in [0.29, 0.717) is 40.1 Å². The van der Waals surface area contributed by atoms with Crippen molar-refractivity contribution in [2.45, 2.75) is 13.5 Å². The Bertz CT molecular complexity index is 1220. The summed E-state index contributed by atoms with van der Waals surface area (Å²) in [5.41, 5.74) is 9.37. The Kier molecular flexibility index (Phi) is 4.72. The normalized spacial score (nSPS) is 11.0. The monoisotopic (exact) mass is 392 g/mol. The summed E-state index contributed by atoms with van der Waals surface area (Å²) in [4.78, 5) is 12.4. The van der Waals surface area contributed by atoms with Crippen LogP contribution in [0.1, 0.15) is 21.6 Å². The van der Waals surface area contributed by atoms with E-state index in [0.717, 1.165) is 17.7 Å². The van der Waals surface area contributed by atoms with Crippen molar-refractivity contribution >= 4 is 28.2 Å². The summed E-state index contributed by atoms with van der Waals surface area (Å²) in [6, 6.07) is 16.3. The van der Waals surface area contributed by atoms with E-state index < -0.39 is 11.6 Å². The minimum atomic E-state index is -0.911. The van der Waals surface area contributed by atoms with Crippen LogP contribution in [0.15, 0.2) is 60.7 Å². The Morgan fingerprint density at radius 1 is 1.07 bits per heavy atom. The number of fused-ring (bicyclic) bond motifs is 1. The first-order chi connectivity index (χ1) is 13.9. The number of benzene rings is 3. The van der Waals surface area contributed by atoms with Gasteiger partial charge in [0.1, 0.15) is 0 Å². The number of halogens is 2. The molecular weight excluding hydrogens is 374 g/mol. The van der Waals surface area contributed by atoms with Gasteiger partial charge in [-0.05, 0) is 42.8 Å². The molecule has 146 valence electrons. The number of para-hydroxylation sites is 2. The van der Waals surface area contributed by atoms with Crippen molar-refractivity contribution in [3.05, 3.63) is 89.1 Å². The van der Waals surface area contributed by atoms with Gasteiger partial charge in [-0.15, -0.1) is 0 Å². The molecule has 0 bridgehead atoms. The van der Waals surface area contributed by atoms with Gasteiger partial charge in [0, 0.05) is 17.0 Å². The van der Waals surface area contributed by atoms with Gasteiger partial charge in [0.05, 0.1) is 29.1 Å². The number of rotatable bonds is 4. The summed E-state index contributed by atoms with van der Waals surface area (Å²) in [5.74, 6) is -2.08. The lowest BCUT2D eigenvalue weighted by molar-refractivity contribution is 0.102. The van der Waals surface area contributed by atoms with E-state index in [1.807, 2.05) is 0 Å². The van der Waals surface area contributed by atoms with Gasteiger partial charge >= 0.3 is 0 Å². The molecule has 1 aromatic heterocycles. The molecule has 0 aliphatic rings. The average Bonchev–Trinajstić information content (AvgIpc) is 2.99. The SMILES string of the molecule is Cc1nn(Cc2ccc(C(=O)Nc3ccccc3N)cc2)c2cc(F)c(F)cc12. The molecule has 3 aromatic carbocycles. The van der Waals surface area contributed by atoms with Gasteiger partial charge in [0.25, 0.3) is 5.91 Å². The second-order valence-corrected chi connectivity index (χ2v) is 6.76. The Morgan fingerprint density at radius 3 is 2.48 bits per heavy atom. The zero-order valence-corrected chi connectivity index (χ0v) is 15.6. The minimum Gasteiger partial charge on any atom is -0.397 e. The lowest BCUT2D eigenvalue weighted by Crippen LogP contribution is -2.13. The molecule has 0 atom stereocenters. The van der Waals surface area contributed by atoms with Crippen molar-refractivity contribution in [1.82, 2.24) is 9.78 Å². The number of carbonyl (C=O) groups excluding carboxylic acids is 1. The number of aromatic nitrogens is 2. The minimum absolute atomic E-state index is 0.271. The Labute approximate surface area is 165 Å². The molecule has 0 saturated heterocycles. The van der Waals surface area contributed by atoms with Crippen LogP contribution in [0.3, 0.4) is 0 Å². The number of amides is 1. The third-order valence-corrected chi connectivity index (χ3v) is 4.73. The lowest BCUT2D eigenvalue weighted by atomic mass is 10.1. The van der Waals surface area contributed by atoms with Crippen molar-refractivity contribution in [2.24, 2.45) is 0 Å². The van der Waals surface area contributed by atoms with Crippen LogP contribution in [0.2, 0.25) is 0 Å². The van der Waals surface area contributed by atoms with Gasteiger partial charge < -0.3 is 11.1 Å². The standard InChI is InChI=1S/C22H18F2N4O/c1-13-16-10-17(23)18(24)11-21(16)28(27-13)12-14-6-8-15(9-7-14)22(29)26-20-5-3-2-4-19(20)25/h2-11H,12,25H2,1H3,(H,26,29). The molecule has 29 heavy (non-hydrogen) atoms. The number of nitrogens with zero attached hydrogens (tertiary/aromatic N) is 2. The number of hydrogen-bond acceptors (Lipinski definition) is 3. The smallest absolute Gasteiger partial charge is 0.255 e. The molecular formula is C22H18F2N4O. The first-order valence-electron chi connectivity index (χ1n) is 8.99. The fourth-order valence-electron chi connectivity index (χ4n) is 3.19. The fourth-order valence-corrected chi connectivity index (χ4v) is 3.19. The summed E-state index contributed by atoms with van der Waals surface area (Å²) in [7, 11) is 0. The largest absolute Gasteiger partial charge is 0.397 e. The predicted molar refractivity (Wildman–Crippen MR) is 109 cm³/mol. The van der Waals surface area contributed by atoms with Crippen LogP contribution in [-0.2, 0) is 6.54 Å². The molecule has 0 fully saturated rings. The van der Waals surface area contributed by atoms with Crippen molar-refractivity contribution < 1.29 is 13.6 Å². The maximum absolute atomic E-state index is 13.7. The van der Waals surface area contributed by atoms with Crippen LogP contribution in [0.4, 0.5) is 20.2 Å². The molecule has 4 aromatic rings. The zero-order valence-electron chi connectivity index (χ0n) is 15.6. The maximum Gasteiger partial charge on any atom is 0.255 e. The first kappa shape index (κ1) is 18.6. The third kappa shape index (κ3) is 3.67. The topological polar surface area (TPSA) is 72.9 Å². The molecule has 5 nitrogen and oxygen atoms in total. The summed E-state index contributed by atoms with van der Waals surface area (Å²) in [5, 5.41) is 7.73. The van der Waals surface area contributed by atoms with Gasteiger partial charge in [0.2, 0.25) is 0 Å². The Balaban J connectivity index is 1.54. The molecule has 0 radical (unpaired) electrons. The van der Waals surface area contributed by atoms with E-state index in [-0.39, 0.29) is 5.91 Å². The van der Waals surface area contributed by atoms with Gasteiger partial charge in [-0.2, -0.15) is 5.10 Å². The van der Waals surface area contributed by atoms with Gasteiger partial charge in [-0.3, -0.25) is 9.48 Å². The summed E-state index contributed by atoms with van der Waals surface area (Å²) in [6.45, 7) is 2.11. The molecule has 7 heteroatoms. The fraction of sp³-hybridized carbons (Fsp3) is 0.0909. The van der Waals surface area contributed by atoms with E-state index in [9.17, 15) is 13.6 Å². The van der Waals surface area contributed by atoms with Gasteiger partial charge in [0.15, 0.2) is 11.6 Å². The molecule has 1 heterocycles. The van der Waals surface area contributed by atoms with Gasteiger partial charge in [-0.25, -0.2) is 8.78 Å². The van der Waals surface area contributed by atoms with E-state index in [1.54, 1.807) is 60.1 Å². The number of nitrogen functional groups attached to an aromatic ring is 1. The molecule has 4 rings (SSSR count). The van der Waals surface area contributed by atoms with E-state index in [4.69, 9.17) is 5.73 Å². The van der Waals surface area contributed by atoms with Crippen LogP contribution in [0.5, 0.6) is 0 Å². The maximum atomic E-state index is 13.7. The predicted octanol–water partition coefficient (Wildman–Crippen LogP) is 4.51. The Hall–Kier alpha value is -3.74. The van der Waals surface area contributed by atoms with Crippen molar-refractivity contribution in [3.8, 4) is 0 Å². The molecule has 0 aliphatic carbocycles. The first-order valence-corrected chi connectivity index (χ1v) is 8.99. The van der Waals surface area contributed by atoms with E-state index >= 15 is 0 Å². The quantitative estimate of drug-likeness (QED) is 0.502. The number of anilines is 2. The third-order valence-electron chi connectivity index (χ3n) is 4.73. The molecule has 0 spiro atoms. The van der Waals surface area contributed by atoms with Crippen molar-refractivity contribution in [1.29, 1.82) is 0 Å². The number of nitrogens with two attached hydrogens (primary N) is 1. The number of carbonyl (C=O) groups is 1. The Morgan fingerprint density at radius 2 is 1.76 bits per heavy atom.